The van der Waals surface area contributed by atoms with Crippen LogP contribution in [0.25, 0.3) is 5.69 Å². The zero-order valence-corrected chi connectivity index (χ0v) is 19.6. The van der Waals surface area contributed by atoms with Crippen molar-refractivity contribution in [2.45, 2.75) is 57.9 Å². The lowest BCUT2D eigenvalue weighted by Crippen LogP contribution is -2.47. The minimum Gasteiger partial charge on any atom is -0.466 e. The summed E-state index contributed by atoms with van der Waals surface area (Å²) in [6.07, 6.45) is 6.75. The fourth-order valence-electron chi connectivity index (χ4n) is 5.93. The molecule has 0 aliphatic heterocycles. The second-order valence-electron chi connectivity index (χ2n) is 9.10. The van der Waals surface area contributed by atoms with Gasteiger partial charge in [-0.3, -0.25) is 9.59 Å². The number of halogens is 2. The van der Waals surface area contributed by atoms with Crippen molar-refractivity contribution in [1.29, 1.82) is 0 Å². The smallest absolute Gasteiger partial charge is 0.311 e. The third-order valence-electron chi connectivity index (χ3n) is 7.31. The summed E-state index contributed by atoms with van der Waals surface area (Å²) in [6, 6.07) is 5.11. The van der Waals surface area contributed by atoms with Gasteiger partial charge in [-0.1, -0.05) is 23.2 Å². The van der Waals surface area contributed by atoms with E-state index in [0.29, 0.717) is 34.2 Å². The number of carbonyl (C=O) groups excluding carboxylic acids is 2. The Hall–Kier alpha value is -2.05. The van der Waals surface area contributed by atoms with Crippen molar-refractivity contribution in [3.8, 4) is 5.69 Å². The molecule has 1 aromatic heterocycles. The molecule has 32 heavy (non-hydrogen) atoms. The maximum Gasteiger partial charge on any atom is 0.311 e. The van der Waals surface area contributed by atoms with Crippen molar-refractivity contribution in [3.63, 3.8) is 0 Å². The Morgan fingerprint density at radius 3 is 2.75 bits per heavy atom. The van der Waals surface area contributed by atoms with Crippen LogP contribution >= 0.6 is 23.2 Å². The Bertz CT molecular complexity index is 1070. The number of nitrogens with one attached hydrogen (secondary N) is 1. The summed E-state index contributed by atoms with van der Waals surface area (Å²) >= 11 is 12.5. The average molecular weight is 476 g/mol. The first-order chi connectivity index (χ1) is 15.5. The molecule has 8 heteroatoms. The predicted octanol–water partition coefficient (Wildman–Crippen LogP) is 4.77. The quantitative estimate of drug-likeness (QED) is 0.632. The van der Waals surface area contributed by atoms with Crippen LogP contribution in [0.5, 0.6) is 0 Å². The maximum absolute atomic E-state index is 13.5. The first-order valence-electron chi connectivity index (χ1n) is 11.5. The summed E-state index contributed by atoms with van der Waals surface area (Å²) in [5, 5.41) is 8.96. The van der Waals surface area contributed by atoms with E-state index in [-0.39, 0.29) is 23.8 Å². The highest BCUT2D eigenvalue weighted by Gasteiger charge is 2.52. The van der Waals surface area contributed by atoms with E-state index in [2.05, 4.69) is 5.32 Å². The van der Waals surface area contributed by atoms with Gasteiger partial charge in [-0.05, 0) is 81.9 Å². The van der Waals surface area contributed by atoms with Gasteiger partial charge >= 0.3 is 5.97 Å². The molecule has 2 fully saturated rings. The second kappa shape index (κ2) is 8.71. The van der Waals surface area contributed by atoms with Crippen molar-refractivity contribution >= 4 is 35.1 Å². The molecular formula is C24H27Cl2N3O3. The summed E-state index contributed by atoms with van der Waals surface area (Å²) in [4.78, 5) is 26.1. The zero-order valence-electron chi connectivity index (χ0n) is 18.1. The van der Waals surface area contributed by atoms with Crippen LogP contribution in [0, 0.1) is 17.8 Å². The molecule has 2 unspecified atom stereocenters. The van der Waals surface area contributed by atoms with Gasteiger partial charge in [0.25, 0.3) is 5.91 Å². The van der Waals surface area contributed by atoms with Crippen LogP contribution in [-0.2, 0) is 22.4 Å². The largest absolute Gasteiger partial charge is 0.466 e. The minimum absolute atomic E-state index is 0.189. The molecule has 4 atom stereocenters. The fraction of sp³-hybridized carbons (Fsp3) is 0.542. The number of hydrogen-bond acceptors (Lipinski definition) is 4. The fourth-order valence-corrected chi connectivity index (χ4v) is 6.42. The lowest BCUT2D eigenvalue weighted by Gasteiger charge is -2.30. The number of fused-ring (bicyclic) bond motifs is 3. The number of aromatic nitrogens is 2. The average Bonchev–Trinajstić information content (AvgIpc) is 3.47. The number of hydrogen-bond donors (Lipinski definition) is 1. The van der Waals surface area contributed by atoms with Crippen LogP contribution in [0.4, 0.5) is 0 Å². The van der Waals surface area contributed by atoms with E-state index in [4.69, 9.17) is 33.0 Å². The molecular weight excluding hydrogens is 449 g/mol. The highest BCUT2D eigenvalue weighted by Crippen LogP contribution is 2.49. The van der Waals surface area contributed by atoms with E-state index in [1.807, 2.05) is 13.0 Å². The van der Waals surface area contributed by atoms with Gasteiger partial charge in [0.15, 0.2) is 5.69 Å². The molecule has 0 spiro atoms. The Balaban J connectivity index is 1.46. The first-order valence-corrected chi connectivity index (χ1v) is 12.3. The number of ether oxygens (including phenoxy) is 1. The summed E-state index contributed by atoms with van der Waals surface area (Å²) in [5.74, 6) is -0.0451. The molecule has 2 bridgehead atoms. The van der Waals surface area contributed by atoms with E-state index in [0.717, 1.165) is 61.9 Å². The Labute approximate surface area is 197 Å². The molecule has 1 amide bonds. The van der Waals surface area contributed by atoms with Gasteiger partial charge < -0.3 is 10.1 Å². The third-order valence-corrected chi connectivity index (χ3v) is 7.84. The van der Waals surface area contributed by atoms with E-state index in [1.54, 1.807) is 16.8 Å². The van der Waals surface area contributed by atoms with Crippen molar-refractivity contribution in [3.05, 3.63) is 45.2 Å². The van der Waals surface area contributed by atoms with Crippen LogP contribution in [0.1, 0.15) is 60.8 Å². The molecule has 3 aliphatic rings. The van der Waals surface area contributed by atoms with Crippen molar-refractivity contribution in [2.24, 2.45) is 17.8 Å². The number of esters is 1. The molecule has 1 N–H and O–H groups in total. The summed E-state index contributed by atoms with van der Waals surface area (Å²) in [7, 11) is 0. The van der Waals surface area contributed by atoms with E-state index < -0.39 is 0 Å². The Morgan fingerprint density at radius 1 is 1.19 bits per heavy atom. The highest BCUT2D eigenvalue weighted by molar-refractivity contribution is 6.35. The molecule has 0 saturated heterocycles. The Kier molecular flexibility index (Phi) is 5.93. The molecule has 2 saturated carbocycles. The molecule has 2 aromatic rings. The van der Waals surface area contributed by atoms with Crippen LogP contribution < -0.4 is 5.32 Å². The lowest BCUT2D eigenvalue weighted by atomic mass is 9.84. The monoisotopic (exact) mass is 475 g/mol. The molecule has 5 rings (SSSR count). The zero-order chi connectivity index (χ0) is 22.4. The van der Waals surface area contributed by atoms with Crippen molar-refractivity contribution in [1.82, 2.24) is 15.1 Å². The maximum atomic E-state index is 13.5. The van der Waals surface area contributed by atoms with Gasteiger partial charge in [-0.2, -0.15) is 5.10 Å². The van der Waals surface area contributed by atoms with Crippen LogP contribution in [0.2, 0.25) is 10.0 Å². The number of carbonyl (C=O) groups is 2. The summed E-state index contributed by atoms with van der Waals surface area (Å²) in [6.45, 7) is 2.17. The molecule has 170 valence electrons. The number of amides is 1. The molecule has 6 nitrogen and oxygen atoms in total. The van der Waals surface area contributed by atoms with Crippen molar-refractivity contribution < 1.29 is 14.3 Å². The molecule has 3 aliphatic carbocycles. The topological polar surface area (TPSA) is 73.2 Å². The normalized spacial score (nSPS) is 26.1. The summed E-state index contributed by atoms with van der Waals surface area (Å²) in [5.41, 5.74) is 3.17. The number of benzene rings is 1. The Morgan fingerprint density at radius 2 is 1.97 bits per heavy atom. The van der Waals surface area contributed by atoms with E-state index >= 15 is 0 Å². The standard InChI is InChI=1S/C24H27Cl2N3O3/c1-2-32-24(31)20-13-7-8-14(11-13)21(20)27-23(30)22-16-5-3-4-6-18(16)29(28-22)19-10-9-15(25)12-17(19)26/h9-10,12-14,20-21H,2-8,11H2,1H3,(H,27,30)/t13?,14?,20-,21+/m0/s1. The SMILES string of the molecule is CCOC(=O)[C@H]1C2CCC(C2)[C@H]1NC(=O)c1nn(-c2ccc(Cl)cc2Cl)c2c1CCCC2. The lowest BCUT2D eigenvalue weighted by molar-refractivity contribution is -0.150. The molecule has 1 aromatic carbocycles. The molecule has 0 radical (unpaired) electrons. The van der Waals surface area contributed by atoms with Crippen LogP contribution in [-0.4, -0.2) is 34.3 Å². The first kappa shape index (κ1) is 21.8. The predicted molar refractivity (Wildman–Crippen MR) is 122 cm³/mol. The van der Waals surface area contributed by atoms with E-state index in [1.165, 1.54) is 0 Å². The number of nitrogens with zero attached hydrogens (tertiary/aromatic N) is 2. The van der Waals surface area contributed by atoms with Gasteiger partial charge in [0, 0.05) is 22.3 Å². The van der Waals surface area contributed by atoms with Crippen LogP contribution in [0.3, 0.4) is 0 Å². The number of rotatable bonds is 5. The van der Waals surface area contributed by atoms with Crippen LogP contribution in [0.15, 0.2) is 18.2 Å². The molecule has 1 heterocycles. The third kappa shape index (κ3) is 3.71. The van der Waals surface area contributed by atoms with Gasteiger partial charge in [0.05, 0.1) is 23.2 Å². The van der Waals surface area contributed by atoms with Gasteiger partial charge in [-0.15, -0.1) is 0 Å². The van der Waals surface area contributed by atoms with Crippen molar-refractivity contribution in [2.75, 3.05) is 6.61 Å². The second-order valence-corrected chi connectivity index (χ2v) is 9.94. The minimum atomic E-state index is -0.263. The van der Waals surface area contributed by atoms with Gasteiger partial charge in [0.1, 0.15) is 0 Å². The van der Waals surface area contributed by atoms with Gasteiger partial charge in [0.2, 0.25) is 0 Å². The van der Waals surface area contributed by atoms with E-state index in [9.17, 15) is 9.59 Å². The van der Waals surface area contributed by atoms with Gasteiger partial charge in [-0.25, -0.2) is 4.68 Å². The highest BCUT2D eigenvalue weighted by atomic mass is 35.5. The summed E-state index contributed by atoms with van der Waals surface area (Å²) < 4.78 is 7.13.